The Labute approximate surface area is 215 Å². The van der Waals surface area contributed by atoms with E-state index in [2.05, 4.69) is 0 Å². The summed E-state index contributed by atoms with van der Waals surface area (Å²) in [4.78, 5) is 36.2. The molecule has 1 heterocycles. The Morgan fingerprint density at radius 1 is 0.919 bits per heavy atom. The third-order valence-corrected chi connectivity index (χ3v) is 9.46. The summed E-state index contributed by atoms with van der Waals surface area (Å²) in [5, 5.41) is 47.9. The van der Waals surface area contributed by atoms with Crippen LogP contribution in [0.4, 0.5) is 0 Å². The normalized spacial score (nSPS) is 46.3. The first kappa shape index (κ1) is 28.0. The smallest absolute Gasteiger partial charge is 0.303 e. The van der Waals surface area contributed by atoms with Gasteiger partial charge in [-0.3, -0.25) is 14.4 Å². The van der Waals surface area contributed by atoms with Gasteiger partial charge in [-0.1, -0.05) is 20.8 Å². The van der Waals surface area contributed by atoms with E-state index in [0.717, 1.165) is 0 Å². The lowest BCUT2D eigenvalue weighted by Crippen LogP contribution is -2.75. The van der Waals surface area contributed by atoms with Crippen molar-refractivity contribution < 1.29 is 53.8 Å². The maximum absolute atomic E-state index is 12.4. The summed E-state index contributed by atoms with van der Waals surface area (Å²) in [6.45, 7) is 10.2. The zero-order valence-electron chi connectivity index (χ0n) is 22.3. The fourth-order valence-corrected chi connectivity index (χ4v) is 7.43. The molecule has 11 heteroatoms. The molecule has 0 aromatic heterocycles. The van der Waals surface area contributed by atoms with Gasteiger partial charge in [0.25, 0.3) is 0 Å². The van der Waals surface area contributed by atoms with Crippen LogP contribution < -0.4 is 0 Å². The van der Waals surface area contributed by atoms with Crippen molar-refractivity contribution in [2.24, 2.45) is 16.7 Å². The summed E-state index contributed by atoms with van der Waals surface area (Å²) in [5.41, 5.74) is -5.40. The van der Waals surface area contributed by atoms with Crippen LogP contribution in [0.5, 0.6) is 0 Å². The predicted molar refractivity (Wildman–Crippen MR) is 126 cm³/mol. The van der Waals surface area contributed by atoms with Crippen LogP contribution in [0.1, 0.15) is 61.3 Å². The molecule has 208 valence electrons. The molecule has 0 aromatic rings. The largest absolute Gasteiger partial charge is 0.459 e. The molecule has 3 aliphatic carbocycles. The number of aliphatic hydroxyl groups excluding tert-OH is 3. The van der Waals surface area contributed by atoms with Crippen molar-refractivity contribution in [3.8, 4) is 0 Å². The van der Waals surface area contributed by atoms with Crippen LogP contribution in [0.15, 0.2) is 11.1 Å². The number of aliphatic hydroxyl groups is 4. The van der Waals surface area contributed by atoms with E-state index in [4.69, 9.17) is 18.9 Å². The molecule has 0 unspecified atom stereocenters. The summed E-state index contributed by atoms with van der Waals surface area (Å²) in [6.07, 6.45) is -8.14. The van der Waals surface area contributed by atoms with E-state index < -0.39 is 82.5 Å². The van der Waals surface area contributed by atoms with Gasteiger partial charge >= 0.3 is 17.9 Å². The second-order valence-corrected chi connectivity index (χ2v) is 11.8. The van der Waals surface area contributed by atoms with E-state index in [-0.39, 0.29) is 19.4 Å². The number of carbonyl (C=O) groups is 3. The van der Waals surface area contributed by atoms with Crippen LogP contribution in [-0.2, 0) is 33.3 Å². The summed E-state index contributed by atoms with van der Waals surface area (Å²) < 4.78 is 22.6. The van der Waals surface area contributed by atoms with Crippen molar-refractivity contribution in [2.75, 3.05) is 6.61 Å². The molecular weight excluding hydrogens is 488 g/mol. The Morgan fingerprint density at radius 3 is 1.95 bits per heavy atom. The van der Waals surface area contributed by atoms with Gasteiger partial charge in [-0.2, -0.15) is 0 Å². The molecular formula is C26H38O11. The number of fused-ring (bicyclic) bond motifs is 4. The lowest BCUT2D eigenvalue weighted by Gasteiger charge is -2.63. The van der Waals surface area contributed by atoms with E-state index >= 15 is 0 Å². The van der Waals surface area contributed by atoms with Gasteiger partial charge in [0.05, 0.1) is 18.8 Å². The molecule has 11 nitrogen and oxygen atoms in total. The maximum Gasteiger partial charge on any atom is 0.303 e. The van der Waals surface area contributed by atoms with Gasteiger partial charge in [-0.25, -0.2) is 0 Å². The van der Waals surface area contributed by atoms with E-state index in [1.54, 1.807) is 27.7 Å². The van der Waals surface area contributed by atoms with Gasteiger partial charge in [-0.05, 0) is 18.1 Å². The Hall–Kier alpha value is -2.05. The van der Waals surface area contributed by atoms with Crippen molar-refractivity contribution in [3.63, 3.8) is 0 Å². The number of carbonyl (C=O) groups excluding carboxylic acids is 3. The average molecular weight is 527 g/mol. The van der Waals surface area contributed by atoms with Crippen LogP contribution in [-0.4, -0.2) is 92.8 Å². The lowest BCUT2D eigenvalue weighted by atomic mass is 9.46. The Balaban J connectivity index is 2.01. The number of esters is 3. The zero-order chi connectivity index (χ0) is 27.9. The highest BCUT2D eigenvalue weighted by Gasteiger charge is 2.77. The predicted octanol–water partition coefficient (Wildman–Crippen LogP) is 0.151. The number of epoxide rings is 1. The average Bonchev–Trinajstić information content (AvgIpc) is 3.54. The van der Waals surface area contributed by atoms with Gasteiger partial charge in [0, 0.05) is 50.4 Å². The standard InChI is InChI=1S/C26H38O11/c1-11-15(35-12(2)27)9-26(33)22(32)20-24(7,16(30)8-17(36-13(3)28)25(20)10-34-25)21(31)19(37-14(4)29)18(11)23(26,5)6/h15-17,19-22,30-33H,8-10H2,1-7H3/t15-,16-,17-,19+,20-,21-,22-,24+,25-,26+/m0/s1. The highest BCUT2D eigenvalue weighted by Crippen LogP contribution is 2.65. The number of rotatable bonds is 3. The monoisotopic (exact) mass is 526 g/mol. The molecule has 2 saturated carbocycles. The van der Waals surface area contributed by atoms with Gasteiger partial charge in [0.1, 0.15) is 29.5 Å². The van der Waals surface area contributed by atoms with Gasteiger partial charge < -0.3 is 39.4 Å². The number of hydrogen-bond donors (Lipinski definition) is 4. The Bertz CT molecular complexity index is 1030. The molecule has 0 amide bonds. The summed E-state index contributed by atoms with van der Waals surface area (Å²) >= 11 is 0. The lowest BCUT2D eigenvalue weighted by molar-refractivity contribution is -0.276. The third-order valence-electron chi connectivity index (χ3n) is 9.46. The van der Waals surface area contributed by atoms with Crippen molar-refractivity contribution in [2.45, 2.75) is 109 Å². The van der Waals surface area contributed by atoms with Crippen molar-refractivity contribution in [3.05, 3.63) is 11.1 Å². The molecule has 1 spiro atoms. The first-order chi connectivity index (χ1) is 16.9. The van der Waals surface area contributed by atoms with Crippen LogP contribution in [0.25, 0.3) is 0 Å². The molecule has 10 atom stereocenters. The van der Waals surface area contributed by atoms with E-state index in [1.165, 1.54) is 20.8 Å². The minimum atomic E-state index is -2.00. The molecule has 37 heavy (non-hydrogen) atoms. The fourth-order valence-electron chi connectivity index (χ4n) is 7.43. The molecule has 1 saturated heterocycles. The third kappa shape index (κ3) is 3.84. The molecule has 1 aliphatic heterocycles. The van der Waals surface area contributed by atoms with Crippen LogP contribution in [0.3, 0.4) is 0 Å². The maximum atomic E-state index is 12.4. The molecule has 0 radical (unpaired) electrons. The number of ether oxygens (including phenoxy) is 4. The van der Waals surface area contributed by atoms with Crippen LogP contribution >= 0.6 is 0 Å². The molecule has 2 bridgehead atoms. The van der Waals surface area contributed by atoms with Crippen molar-refractivity contribution in [1.29, 1.82) is 0 Å². The van der Waals surface area contributed by atoms with Crippen LogP contribution in [0, 0.1) is 16.7 Å². The highest BCUT2D eigenvalue weighted by molar-refractivity contribution is 5.68. The summed E-state index contributed by atoms with van der Waals surface area (Å²) in [7, 11) is 0. The topological polar surface area (TPSA) is 172 Å². The first-order valence-electron chi connectivity index (χ1n) is 12.6. The second kappa shape index (κ2) is 8.74. The molecule has 4 rings (SSSR count). The molecule has 3 fully saturated rings. The highest BCUT2D eigenvalue weighted by atomic mass is 16.6. The molecule has 4 N–H and O–H groups in total. The Morgan fingerprint density at radius 2 is 1.46 bits per heavy atom. The van der Waals surface area contributed by atoms with Crippen molar-refractivity contribution in [1.82, 2.24) is 0 Å². The Kier molecular flexibility index (Phi) is 6.61. The quantitative estimate of drug-likeness (QED) is 0.171. The summed E-state index contributed by atoms with van der Waals surface area (Å²) in [5.74, 6) is -3.10. The molecule has 4 aliphatic rings. The SMILES string of the molecule is CC(=O)O[C@H]1C[C@@]2(O)[C@@H](O)[C@@H]3[C@]4(CO4)[C@@H](OC(C)=O)C[C@H](O)[C@@]3(C)[C@@H](O)[C@H](OC(C)=O)C(=C1C)C2(C)C. The first-order valence-corrected chi connectivity index (χ1v) is 12.6. The number of hydrogen-bond acceptors (Lipinski definition) is 11. The van der Waals surface area contributed by atoms with E-state index in [0.29, 0.717) is 11.1 Å². The second-order valence-electron chi connectivity index (χ2n) is 11.8. The fraction of sp³-hybridized carbons (Fsp3) is 0.808. The zero-order valence-corrected chi connectivity index (χ0v) is 22.3. The van der Waals surface area contributed by atoms with Crippen LogP contribution in [0.2, 0.25) is 0 Å². The van der Waals surface area contributed by atoms with Gasteiger partial charge in [0.2, 0.25) is 0 Å². The van der Waals surface area contributed by atoms with E-state index in [1.807, 2.05) is 0 Å². The summed E-state index contributed by atoms with van der Waals surface area (Å²) in [6, 6.07) is 0. The van der Waals surface area contributed by atoms with Crippen molar-refractivity contribution >= 4 is 17.9 Å². The minimum Gasteiger partial charge on any atom is -0.459 e. The minimum absolute atomic E-state index is 0.0472. The van der Waals surface area contributed by atoms with Gasteiger partial charge in [0.15, 0.2) is 6.10 Å². The van der Waals surface area contributed by atoms with E-state index in [9.17, 15) is 34.8 Å². The van der Waals surface area contributed by atoms with Gasteiger partial charge in [-0.15, -0.1) is 0 Å². The molecule has 0 aromatic carbocycles.